The number of benzene rings is 1. The van der Waals surface area contributed by atoms with Crippen molar-refractivity contribution in [2.75, 3.05) is 18.5 Å². The van der Waals surface area contributed by atoms with Gasteiger partial charge in [-0.05, 0) is 68.2 Å². The minimum Gasteiger partial charge on any atom is -0.480 e. The van der Waals surface area contributed by atoms with Crippen LogP contribution in [0.25, 0.3) is 0 Å². The lowest BCUT2D eigenvalue weighted by atomic mass is 9.79. The molecule has 0 spiro atoms. The first kappa shape index (κ1) is 24.1. The Hall–Kier alpha value is -3.07. The third kappa shape index (κ3) is 5.88. The predicted octanol–water partition coefficient (Wildman–Crippen LogP) is 3.72. The molecule has 1 amide bonds. The molecule has 2 heterocycles. The summed E-state index contributed by atoms with van der Waals surface area (Å²) in [6, 6.07) is 6.20. The van der Waals surface area contributed by atoms with Gasteiger partial charge in [0.15, 0.2) is 11.6 Å². The number of aryl methyl sites for hydroxylation is 2. The summed E-state index contributed by atoms with van der Waals surface area (Å²) < 4.78 is 32.9. The first-order chi connectivity index (χ1) is 16.4. The number of carboxylic acids is 1. The zero-order chi connectivity index (χ0) is 24.1. The van der Waals surface area contributed by atoms with Crippen molar-refractivity contribution in [3.05, 3.63) is 58.8 Å². The summed E-state index contributed by atoms with van der Waals surface area (Å²) in [4.78, 5) is 28.4. The minimum atomic E-state index is -1.30. The highest BCUT2D eigenvalue weighted by atomic mass is 19.2. The molecule has 182 valence electrons. The van der Waals surface area contributed by atoms with Gasteiger partial charge in [-0.25, -0.2) is 18.6 Å². The quantitative estimate of drug-likeness (QED) is 0.486. The van der Waals surface area contributed by atoms with E-state index < -0.39 is 35.1 Å². The predicted molar refractivity (Wildman–Crippen MR) is 122 cm³/mol. The number of aliphatic carboxylic acids is 1. The van der Waals surface area contributed by atoms with Crippen LogP contribution in [-0.2, 0) is 22.4 Å². The third-order valence-electron chi connectivity index (χ3n) is 6.51. The number of nitrogens with zero attached hydrogens (tertiary/aromatic N) is 1. The highest BCUT2D eigenvalue weighted by Gasteiger charge is 2.30. The molecule has 1 atom stereocenters. The van der Waals surface area contributed by atoms with E-state index in [1.54, 1.807) is 0 Å². The van der Waals surface area contributed by atoms with E-state index in [-0.39, 0.29) is 19.1 Å². The van der Waals surface area contributed by atoms with Crippen molar-refractivity contribution in [1.29, 1.82) is 0 Å². The average Bonchev–Trinajstić information content (AvgIpc) is 2.80. The maximum atomic E-state index is 13.8. The number of aromatic nitrogens is 1. The molecule has 1 fully saturated rings. The van der Waals surface area contributed by atoms with Gasteiger partial charge in [-0.3, -0.25) is 4.79 Å². The summed E-state index contributed by atoms with van der Waals surface area (Å²) >= 11 is 0. The Labute approximate surface area is 196 Å². The van der Waals surface area contributed by atoms with Crippen molar-refractivity contribution in [2.24, 2.45) is 5.92 Å². The van der Waals surface area contributed by atoms with Crippen LogP contribution >= 0.6 is 0 Å². The minimum absolute atomic E-state index is 0.0330. The number of nitrogens with one attached hydrogen (secondary N) is 2. The zero-order valence-corrected chi connectivity index (χ0v) is 18.9. The van der Waals surface area contributed by atoms with Crippen molar-refractivity contribution in [2.45, 2.75) is 57.1 Å². The Morgan fingerprint density at radius 2 is 2.06 bits per heavy atom. The molecule has 7 nitrogen and oxygen atoms in total. The topological polar surface area (TPSA) is 101 Å². The summed E-state index contributed by atoms with van der Waals surface area (Å²) in [6.45, 7) is 1.12. The fourth-order valence-electron chi connectivity index (χ4n) is 4.43. The highest BCUT2D eigenvalue weighted by molar-refractivity contribution is 5.96. The molecule has 1 saturated carbocycles. The van der Waals surface area contributed by atoms with E-state index in [1.807, 2.05) is 0 Å². The number of pyridine rings is 1. The first-order valence-electron chi connectivity index (χ1n) is 11.7. The van der Waals surface area contributed by atoms with E-state index in [0.29, 0.717) is 5.92 Å². The van der Waals surface area contributed by atoms with Crippen LogP contribution in [0.4, 0.5) is 14.6 Å². The van der Waals surface area contributed by atoms with Gasteiger partial charge >= 0.3 is 5.97 Å². The summed E-state index contributed by atoms with van der Waals surface area (Å²) in [6.07, 6.45) is 6.06. The fraction of sp³-hybridized carbons (Fsp3) is 0.480. The van der Waals surface area contributed by atoms with Gasteiger partial charge in [0.1, 0.15) is 11.9 Å². The van der Waals surface area contributed by atoms with Gasteiger partial charge in [0.25, 0.3) is 5.91 Å². The number of halogens is 2. The van der Waals surface area contributed by atoms with Gasteiger partial charge in [-0.1, -0.05) is 12.1 Å². The van der Waals surface area contributed by atoms with Crippen molar-refractivity contribution < 1.29 is 28.2 Å². The second-order valence-electron chi connectivity index (χ2n) is 8.96. The van der Waals surface area contributed by atoms with Gasteiger partial charge in [-0.15, -0.1) is 0 Å². The second-order valence-corrected chi connectivity index (χ2v) is 8.96. The SMILES string of the molecule is O=C(NC(CCOC1CC(CCc2ccc3c(n2)NCCC3)C1)C(=O)O)c1cccc(F)c1F. The normalized spacial score (nSPS) is 19.9. The fourth-order valence-corrected chi connectivity index (χ4v) is 4.43. The molecule has 2 aromatic rings. The average molecular weight is 474 g/mol. The van der Waals surface area contributed by atoms with E-state index in [1.165, 1.54) is 11.6 Å². The molecule has 0 saturated heterocycles. The number of carbonyl (C=O) groups excluding carboxylic acids is 1. The Morgan fingerprint density at radius 1 is 1.24 bits per heavy atom. The van der Waals surface area contributed by atoms with E-state index in [9.17, 15) is 23.5 Å². The third-order valence-corrected chi connectivity index (χ3v) is 6.51. The summed E-state index contributed by atoms with van der Waals surface area (Å²) in [5, 5.41) is 15.0. The van der Waals surface area contributed by atoms with Crippen LogP contribution in [0.1, 0.15) is 53.7 Å². The van der Waals surface area contributed by atoms with Crippen molar-refractivity contribution >= 4 is 17.7 Å². The molecule has 1 aliphatic heterocycles. The first-order valence-corrected chi connectivity index (χ1v) is 11.7. The molecule has 3 N–H and O–H groups in total. The van der Waals surface area contributed by atoms with Crippen LogP contribution in [0.15, 0.2) is 30.3 Å². The Balaban J connectivity index is 1.16. The zero-order valence-electron chi connectivity index (χ0n) is 18.9. The van der Waals surface area contributed by atoms with Crippen LogP contribution in [0, 0.1) is 17.6 Å². The van der Waals surface area contributed by atoms with Crippen LogP contribution in [0.3, 0.4) is 0 Å². The van der Waals surface area contributed by atoms with Crippen molar-refractivity contribution in [1.82, 2.24) is 10.3 Å². The van der Waals surface area contributed by atoms with Crippen molar-refractivity contribution in [3.63, 3.8) is 0 Å². The van der Waals surface area contributed by atoms with E-state index >= 15 is 0 Å². The van der Waals surface area contributed by atoms with Gasteiger partial charge in [0.05, 0.1) is 11.7 Å². The van der Waals surface area contributed by atoms with Crippen LogP contribution in [-0.4, -0.2) is 47.3 Å². The van der Waals surface area contributed by atoms with E-state index in [0.717, 1.165) is 68.7 Å². The number of carboxylic acid groups (broad SMARTS) is 1. The Morgan fingerprint density at radius 3 is 2.85 bits per heavy atom. The Kier molecular flexibility index (Phi) is 7.72. The van der Waals surface area contributed by atoms with Crippen LogP contribution in [0.2, 0.25) is 0 Å². The molecule has 4 rings (SSSR count). The number of amides is 1. The van der Waals surface area contributed by atoms with Crippen LogP contribution < -0.4 is 10.6 Å². The number of hydrogen-bond acceptors (Lipinski definition) is 5. The molecule has 1 aromatic heterocycles. The summed E-state index contributed by atoms with van der Waals surface area (Å²) in [7, 11) is 0. The maximum absolute atomic E-state index is 13.8. The van der Waals surface area contributed by atoms with Gasteiger partial charge in [0.2, 0.25) is 0 Å². The molecule has 1 aromatic carbocycles. The number of hydrogen-bond donors (Lipinski definition) is 3. The standard InChI is InChI=1S/C25H29F2N3O4/c26-20-5-1-4-19(22(20)27)24(31)30-21(25(32)33)10-12-34-18-13-15(14-18)6-8-17-9-7-16-3-2-11-28-23(16)29-17/h1,4-5,7,9,15,18,21H,2-3,6,8,10-14H2,(H,28,29)(H,30,31)(H,32,33). The second kappa shape index (κ2) is 10.9. The largest absolute Gasteiger partial charge is 0.480 e. The van der Waals surface area contributed by atoms with Crippen molar-refractivity contribution in [3.8, 4) is 0 Å². The monoisotopic (exact) mass is 473 g/mol. The van der Waals surface area contributed by atoms with E-state index in [4.69, 9.17) is 9.72 Å². The highest BCUT2D eigenvalue weighted by Crippen LogP contribution is 2.34. The molecule has 0 radical (unpaired) electrons. The summed E-state index contributed by atoms with van der Waals surface area (Å²) in [5.41, 5.74) is 1.84. The lowest BCUT2D eigenvalue weighted by Crippen LogP contribution is -2.42. The van der Waals surface area contributed by atoms with Crippen LogP contribution in [0.5, 0.6) is 0 Å². The molecule has 1 unspecified atom stereocenters. The number of anilines is 1. The van der Waals surface area contributed by atoms with Gasteiger partial charge in [-0.2, -0.15) is 0 Å². The number of ether oxygens (including phenoxy) is 1. The molecule has 9 heteroatoms. The molecular weight excluding hydrogens is 444 g/mol. The lowest BCUT2D eigenvalue weighted by molar-refractivity contribution is -0.140. The number of fused-ring (bicyclic) bond motifs is 1. The molecular formula is C25H29F2N3O4. The molecule has 1 aliphatic carbocycles. The Bertz CT molecular complexity index is 1040. The summed E-state index contributed by atoms with van der Waals surface area (Å²) in [5.74, 6) is -3.14. The molecule has 2 aliphatic rings. The van der Waals surface area contributed by atoms with Gasteiger partial charge in [0, 0.05) is 25.3 Å². The molecule has 0 bridgehead atoms. The van der Waals surface area contributed by atoms with E-state index in [2.05, 4.69) is 22.8 Å². The molecule has 34 heavy (non-hydrogen) atoms. The number of rotatable bonds is 10. The number of carbonyl (C=O) groups is 2. The maximum Gasteiger partial charge on any atom is 0.326 e. The van der Waals surface area contributed by atoms with Gasteiger partial charge < -0.3 is 20.5 Å². The lowest BCUT2D eigenvalue weighted by Gasteiger charge is -2.35. The smallest absolute Gasteiger partial charge is 0.326 e.